The first-order chi connectivity index (χ1) is 14.9. The van der Waals surface area contributed by atoms with Crippen LogP contribution >= 0.6 is 0 Å². The monoisotopic (exact) mass is 466 g/mol. The van der Waals surface area contributed by atoms with E-state index >= 15 is 0 Å². The molecule has 2 heterocycles. The van der Waals surface area contributed by atoms with Gasteiger partial charge < -0.3 is 9.80 Å². The fourth-order valence-electron chi connectivity index (χ4n) is 4.21. The minimum Gasteiger partial charge on any atom is -0.341 e. The van der Waals surface area contributed by atoms with E-state index in [0.717, 1.165) is 6.42 Å². The number of para-hydroxylation sites is 1. The van der Waals surface area contributed by atoms with Gasteiger partial charge in [-0.2, -0.15) is 4.31 Å². The Hall–Kier alpha value is -2.53. The lowest BCUT2D eigenvalue weighted by Crippen LogP contribution is -2.54. The van der Waals surface area contributed by atoms with Crippen LogP contribution in [0.25, 0.3) is 0 Å². The lowest BCUT2D eigenvalue weighted by molar-refractivity contribution is -0.387. The third-order valence-corrected chi connectivity index (χ3v) is 7.88. The third kappa shape index (κ3) is 4.93. The molecule has 2 aliphatic heterocycles. The number of carbonyl (C=O) groups excluding carboxylic acids is 2. The largest absolute Gasteiger partial charge is 0.341 e. The predicted octanol–water partition coefficient (Wildman–Crippen LogP) is 1.71. The lowest BCUT2D eigenvalue weighted by Gasteiger charge is -2.39. The molecule has 0 radical (unpaired) electrons. The highest BCUT2D eigenvalue weighted by Gasteiger charge is 2.38. The summed E-state index contributed by atoms with van der Waals surface area (Å²) in [7, 11) is -4.05. The van der Waals surface area contributed by atoms with E-state index in [1.165, 1.54) is 28.6 Å². The Morgan fingerprint density at radius 3 is 2.25 bits per heavy atom. The average molecular weight is 467 g/mol. The van der Waals surface area contributed by atoms with Gasteiger partial charge in [0.05, 0.1) is 10.8 Å². The van der Waals surface area contributed by atoms with Crippen molar-refractivity contribution in [1.82, 2.24) is 14.1 Å². The van der Waals surface area contributed by atoms with Gasteiger partial charge in [0, 0.05) is 50.7 Å². The zero-order chi connectivity index (χ0) is 23.7. The van der Waals surface area contributed by atoms with E-state index < -0.39 is 26.0 Å². The van der Waals surface area contributed by atoms with Crippen molar-refractivity contribution in [3.8, 4) is 0 Å². The maximum absolute atomic E-state index is 13.1. The molecule has 2 fully saturated rings. The van der Waals surface area contributed by atoms with E-state index in [1.54, 1.807) is 9.80 Å². The van der Waals surface area contributed by atoms with Crippen LogP contribution in [0.5, 0.6) is 0 Å². The Kier molecular flexibility index (Phi) is 6.89. The Labute approximate surface area is 188 Å². The highest BCUT2D eigenvalue weighted by atomic mass is 32.2. The van der Waals surface area contributed by atoms with Crippen molar-refractivity contribution in [2.75, 3.05) is 39.3 Å². The van der Waals surface area contributed by atoms with Gasteiger partial charge >= 0.3 is 0 Å². The number of likely N-dealkylation sites (tertiary alicyclic amines) is 1. The standard InChI is InChI=1S/C21H30N4O6S/c1-21(2,3)20(27)23-10-6-7-16(15-23)19(26)22-11-13-24(14-12-22)32(30,31)18-9-5-4-8-17(18)25(28)29/h4-5,8-9,16H,6-7,10-15H2,1-3H3. The van der Waals surface area contributed by atoms with Gasteiger partial charge in [0.15, 0.2) is 4.90 Å². The van der Waals surface area contributed by atoms with Crippen molar-refractivity contribution in [3.05, 3.63) is 34.4 Å². The van der Waals surface area contributed by atoms with E-state index in [4.69, 9.17) is 0 Å². The molecule has 2 saturated heterocycles. The zero-order valence-electron chi connectivity index (χ0n) is 18.7. The molecule has 0 saturated carbocycles. The number of carbonyl (C=O) groups is 2. The molecule has 0 aliphatic carbocycles. The van der Waals surface area contributed by atoms with Crippen LogP contribution in [-0.4, -0.2) is 78.5 Å². The number of nitro benzene ring substituents is 1. The highest BCUT2D eigenvalue weighted by molar-refractivity contribution is 7.89. The topological polar surface area (TPSA) is 121 Å². The van der Waals surface area contributed by atoms with Crippen LogP contribution in [0.4, 0.5) is 5.69 Å². The predicted molar refractivity (Wildman–Crippen MR) is 117 cm³/mol. The number of piperazine rings is 1. The van der Waals surface area contributed by atoms with Crippen LogP contribution in [0.1, 0.15) is 33.6 Å². The summed E-state index contributed by atoms with van der Waals surface area (Å²) in [5, 5.41) is 11.2. The maximum Gasteiger partial charge on any atom is 0.289 e. The highest BCUT2D eigenvalue weighted by Crippen LogP contribution is 2.28. The van der Waals surface area contributed by atoms with E-state index in [9.17, 15) is 28.1 Å². The van der Waals surface area contributed by atoms with Gasteiger partial charge in [-0.1, -0.05) is 32.9 Å². The van der Waals surface area contributed by atoms with Crippen molar-refractivity contribution < 1.29 is 22.9 Å². The summed E-state index contributed by atoms with van der Waals surface area (Å²) >= 11 is 0. The first kappa shape index (κ1) is 24.1. The summed E-state index contributed by atoms with van der Waals surface area (Å²) < 4.78 is 27.1. The molecular weight excluding hydrogens is 436 g/mol. The number of hydrogen-bond acceptors (Lipinski definition) is 6. The van der Waals surface area contributed by atoms with Gasteiger partial charge in [-0.25, -0.2) is 8.42 Å². The summed E-state index contributed by atoms with van der Waals surface area (Å²) in [6, 6.07) is 5.27. The Bertz CT molecular complexity index is 996. The SMILES string of the molecule is CC(C)(C)C(=O)N1CCCC(C(=O)N2CCN(S(=O)(=O)c3ccccc3[N+](=O)[O-])CC2)C1. The third-order valence-electron chi connectivity index (χ3n) is 5.93. The Morgan fingerprint density at radius 2 is 1.66 bits per heavy atom. The molecule has 176 valence electrons. The average Bonchev–Trinajstić information content (AvgIpc) is 2.77. The number of sulfonamides is 1. The molecule has 1 aromatic rings. The van der Waals surface area contributed by atoms with Crippen LogP contribution in [-0.2, 0) is 19.6 Å². The van der Waals surface area contributed by atoms with Gasteiger partial charge in [0.1, 0.15) is 0 Å². The lowest BCUT2D eigenvalue weighted by atomic mass is 9.90. The number of benzene rings is 1. The van der Waals surface area contributed by atoms with Gasteiger partial charge in [-0.15, -0.1) is 0 Å². The molecule has 32 heavy (non-hydrogen) atoms. The molecule has 1 unspecified atom stereocenters. The fourth-order valence-corrected chi connectivity index (χ4v) is 5.79. The molecule has 0 spiro atoms. The second-order valence-electron chi connectivity index (χ2n) is 9.29. The minimum absolute atomic E-state index is 0.0235. The van der Waals surface area contributed by atoms with Crippen LogP contribution in [0.3, 0.4) is 0 Å². The normalized spacial score (nSPS) is 20.8. The summed E-state index contributed by atoms with van der Waals surface area (Å²) in [5.74, 6) is -0.345. The summed E-state index contributed by atoms with van der Waals surface area (Å²) in [6.45, 7) is 7.15. The van der Waals surface area contributed by atoms with Gasteiger partial charge in [-0.05, 0) is 18.9 Å². The smallest absolute Gasteiger partial charge is 0.289 e. The van der Waals surface area contributed by atoms with Gasteiger partial charge in [-0.3, -0.25) is 19.7 Å². The molecule has 0 N–H and O–H groups in total. The van der Waals surface area contributed by atoms with E-state index in [0.29, 0.717) is 19.5 Å². The summed E-state index contributed by atoms with van der Waals surface area (Å²) in [6.07, 6.45) is 1.45. The van der Waals surface area contributed by atoms with Crippen molar-refractivity contribution >= 4 is 27.5 Å². The summed E-state index contributed by atoms with van der Waals surface area (Å²) in [4.78, 5) is 39.3. The zero-order valence-corrected chi connectivity index (χ0v) is 19.5. The molecule has 0 aromatic heterocycles. The fraction of sp³-hybridized carbons (Fsp3) is 0.619. The molecule has 0 bridgehead atoms. The van der Waals surface area contributed by atoms with Crippen molar-refractivity contribution in [3.63, 3.8) is 0 Å². The second kappa shape index (κ2) is 9.14. The number of nitro groups is 1. The number of hydrogen-bond donors (Lipinski definition) is 0. The number of piperidine rings is 1. The first-order valence-corrected chi connectivity index (χ1v) is 12.2. The first-order valence-electron chi connectivity index (χ1n) is 10.7. The van der Waals surface area contributed by atoms with Gasteiger partial charge in [0.25, 0.3) is 5.69 Å². The molecule has 11 heteroatoms. The number of amides is 2. The van der Waals surface area contributed by atoms with E-state index in [2.05, 4.69) is 0 Å². The second-order valence-corrected chi connectivity index (χ2v) is 11.2. The van der Waals surface area contributed by atoms with Gasteiger partial charge in [0.2, 0.25) is 21.8 Å². The molecule has 2 amide bonds. The Balaban J connectivity index is 1.65. The molecule has 2 aliphatic rings. The maximum atomic E-state index is 13.1. The molecule has 3 rings (SSSR count). The quantitative estimate of drug-likeness (QED) is 0.492. The van der Waals surface area contributed by atoms with Crippen LogP contribution in [0.2, 0.25) is 0 Å². The van der Waals surface area contributed by atoms with Crippen molar-refractivity contribution in [2.45, 2.75) is 38.5 Å². The minimum atomic E-state index is -4.05. The van der Waals surface area contributed by atoms with Crippen LogP contribution < -0.4 is 0 Å². The molecule has 1 atom stereocenters. The van der Waals surface area contributed by atoms with Crippen LogP contribution in [0.15, 0.2) is 29.2 Å². The Morgan fingerprint density at radius 1 is 1.03 bits per heavy atom. The molecule has 10 nitrogen and oxygen atoms in total. The molecular formula is C21H30N4O6S. The van der Waals surface area contributed by atoms with Crippen LogP contribution in [0, 0.1) is 21.4 Å². The van der Waals surface area contributed by atoms with E-state index in [-0.39, 0.29) is 48.8 Å². The summed E-state index contributed by atoms with van der Waals surface area (Å²) in [5.41, 5.74) is -0.970. The number of rotatable bonds is 4. The van der Waals surface area contributed by atoms with Crippen molar-refractivity contribution in [2.24, 2.45) is 11.3 Å². The number of nitrogens with zero attached hydrogens (tertiary/aromatic N) is 4. The molecule has 1 aromatic carbocycles. The van der Waals surface area contributed by atoms with Crippen molar-refractivity contribution in [1.29, 1.82) is 0 Å². The van der Waals surface area contributed by atoms with E-state index in [1.807, 2.05) is 20.8 Å².